The number of thioether (sulfide) groups is 1. The van der Waals surface area contributed by atoms with Crippen LogP contribution in [-0.2, 0) is 10.5 Å². The fourth-order valence-electron chi connectivity index (χ4n) is 4.75. The lowest BCUT2D eigenvalue weighted by atomic mass is 9.73. The first-order valence-electron chi connectivity index (χ1n) is 11.1. The van der Waals surface area contributed by atoms with Crippen molar-refractivity contribution in [3.8, 4) is 0 Å². The molecule has 0 spiro atoms. The van der Waals surface area contributed by atoms with Gasteiger partial charge in [0, 0.05) is 28.5 Å². The molecule has 33 heavy (non-hydrogen) atoms. The number of anilines is 1. The summed E-state index contributed by atoms with van der Waals surface area (Å²) in [5.74, 6) is 1.64. The normalized spacial score (nSPS) is 19.2. The first-order chi connectivity index (χ1) is 15.7. The number of aromatic nitrogens is 3. The number of aryl methyl sites for hydroxylation is 2. The van der Waals surface area contributed by atoms with E-state index in [9.17, 15) is 4.79 Å². The van der Waals surface area contributed by atoms with Gasteiger partial charge < -0.3 is 5.32 Å². The maximum absolute atomic E-state index is 13.3. The minimum Gasteiger partial charge on any atom is -0.328 e. The first-order valence-corrected chi connectivity index (χ1v) is 12.5. The predicted octanol–water partition coefficient (Wildman–Crippen LogP) is 6.50. The molecule has 0 bridgehead atoms. The van der Waals surface area contributed by atoms with E-state index in [1.165, 1.54) is 16.7 Å². The zero-order chi connectivity index (χ0) is 23.3. The van der Waals surface area contributed by atoms with E-state index in [-0.39, 0.29) is 17.2 Å². The topological polar surface area (TPSA) is 59.8 Å². The number of allylic oxidation sites excluding steroid dienone is 2. The lowest BCUT2D eigenvalue weighted by molar-refractivity contribution is -0.118. The van der Waals surface area contributed by atoms with Gasteiger partial charge in [0.15, 0.2) is 5.78 Å². The molecule has 7 heteroatoms. The van der Waals surface area contributed by atoms with E-state index < -0.39 is 0 Å². The van der Waals surface area contributed by atoms with Crippen molar-refractivity contribution >= 4 is 35.1 Å². The third-order valence-electron chi connectivity index (χ3n) is 6.35. The Balaban J connectivity index is 1.51. The van der Waals surface area contributed by atoms with Crippen LogP contribution in [0.3, 0.4) is 0 Å². The highest BCUT2D eigenvalue weighted by Gasteiger charge is 2.41. The number of ketones is 1. The molecule has 1 atom stereocenters. The third-order valence-corrected chi connectivity index (χ3v) is 7.49. The van der Waals surface area contributed by atoms with Gasteiger partial charge in [-0.1, -0.05) is 73.1 Å². The van der Waals surface area contributed by atoms with E-state index in [0.717, 1.165) is 29.0 Å². The molecule has 5 nitrogen and oxygen atoms in total. The number of fused-ring (bicyclic) bond motifs is 1. The zero-order valence-electron chi connectivity index (χ0n) is 19.3. The van der Waals surface area contributed by atoms with Crippen molar-refractivity contribution in [3.05, 3.63) is 81.0 Å². The van der Waals surface area contributed by atoms with Crippen molar-refractivity contribution in [1.29, 1.82) is 0 Å². The molecule has 0 saturated heterocycles. The molecular weight excluding hydrogens is 452 g/mol. The molecule has 1 aliphatic heterocycles. The van der Waals surface area contributed by atoms with Gasteiger partial charge in [-0.05, 0) is 54.5 Å². The Morgan fingerprint density at radius 1 is 1.15 bits per heavy atom. The Kier molecular flexibility index (Phi) is 5.61. The summed E-state index contributed by atoms with van der Waals surface area (Å²) in [6.07, 6.45) is 1.33. The molecule has 1 aromatic heterocycles. The number of hydrogen-bond donors (Lipinski definition) is 1. The van der Waals surface area contributed by atoms with Gasteiger partial charge in [0.2, 0.25) is 11.1 Å². The lowest BCUT2D eigenvalue weighted by Crippen LogP contribution is -2.36. The van der Waals surface area contributed by atoms with Gasteiger partial charge in [-0.25, -0.2) is 4.68 Å². The van der Waals surface area contributed by atoms with Gasteiger partial charge in [-0.3, -0.25) is 4.79 Å². The SMILES string of the molecule is Cc1ccc(CSc2nc3n(n2)[C@H](c2ccc(Cl)cc2)C2=C(CC(C)(C)CC2=O)N3)c(C)c1. The molecule has 0 fully saturated rings. The summed E-state index contributed by atoms with van der Waals surface area (Å²) in [4.78, 5) is 18.1. The van der Waals surface area contributed by atoms with E-state index in [1.54, 1.807) is 11.8 Å². The number of halogens is 1. The molecular formula is C26H27ClN4OS. The van der Waals surface area contributed by atoms with Crippen molar-refractivity contribution in [1.82, 2.24) is 14.8 Å². The van der Waals surface area contributed by atoms with Crippen LogP contribution in [0.1, 0.15) is 55.0 Å². The number of carbonyl (C=O) groups is 1. The lowest BCUT2D eigenvalue weighted by Gasteiger charge is -2.38. The zero-order valence-corrected chi connectivity index (χ0v) is 20.8. The summed E-state index contributed by atoms with van der Waals surface area (Å²) >= 11 is 7.76. The Morgan fingerprint density at radius 2 is 1.91 bits per heavy atom. The molecule has 0 saturated carbocycles. The van der Waals surface area contributed by atoms with Crippen molar-refractivity contribution in [2.24, 2.45) is 5.41 Å². The molecule has 0 radical (unpaired) electrons. The number of benzene rings is 2. The van der Waals surface area contributed by atoms with E-state index in [2.05, 4.69) is 51.2 Å². The van der Waals surface area contributed by atoms with Crippen LogP contribution in [0, 0.1) is 19.3 Å². The number of Topliss-reactive ketones (excluding diaryl/α,β-unsaturated/α-hetero) is 1. The van der Waals surface area contributed by atoms with E-state index >= 15 is 0 Å². The second-order valence-corrected chi connectivity index (χ2v) is 11.2. The fourth-order valence-corrected chi connectivity index (χ4v) is 5.79. The molecule has 5 rings (SSSR count). The molecule has 2 aromatic carbocycles. The van der Waals surface area contributed by atoms with Crippen molar-refractivity contribution in [2.45, 2.75) is 57.5 Å². The van der Waals surface area contributed by atoms with Gasteiger partial charge in [-0.2, -0.15) is 4.98 Å². The second-order valence-electron chi connectivity index (χ2n) is 9.79. The Labute approximate surface area is 203 Å². The molecule has 2 heterocycles. The maximum atomic E-state index is 13.3. The highest BCUT2D eigenvalue weighted by atomic mass is 35.5. The smallest absolute Gasteiger partial charge is 0.227 e. The summed E-state index contributed by atoms with van der Waals surface area (Å²) in [6.45, 7) is 8.52. The maximum Gasteiger partial charge on any atom is 0.227 e. The van der Waals surface area contributed by atoms with E-state index in [1.807, 2.05) is 28.9 Å². The Morgan fingerprint density at radius 3 is 2.64 bits per heavy atom. The summed E-state index contributed by atoms with van der Waals surface area (Å²) in [7, 11) is 0. The van der Waals surface area contributed by atoms with Gasteiger partial charge in [0.1, 0.15) is 6.04 Å². The van der Waals surface area contributed by atoms with Crippen LogP contribution in [0.4, 0.5) is 5.95 Å². The van der Waals surface area contributed by atoms with Crippen LogP contribution < -0.4 is 5.32 Å². The number of hydrogen-bond acceptors (Lipinski definition) is 5. The summed E-state index contributed by atoms with van der Waals surface area (Å²) in [5.41, 5.74) is 6.45. The number of nitrogens with zero attached hydrogens (tertiary/aromatic N) is 3. The van der Waals surface area contributed by atoms with Crippen LogP contribution in [-0.4, -0.2) is 20.5 Å². The summed E-state index contributed by atoms with van der Waals surface area (Å²) < 4.78 is 1.86. The van der Waals surface area contributed by atoms with Gasteiger partial charge in [0.05, 0.1) is 0 Å². The monoisotopic (exact) mass is 478 g/mol. The van der Waals surface area contributed by atoms with Crippen LogP contribution in [0.2, 0.25) is 5.02 Å². The molecule has 3 aromatic rings. The molecule has 1 aliphatic carbocycles. The van der Waals surface area contributed by atoms with Crippen LogP contribution in [0.15, 0.2) is 58.9 Å². The number of rotatable bonds is 4. The number of carbonyl (C=O) groups excluding carboxylic acids is 1. The third kappa shape index (κ3) is 4.34. The molecule has 0 amide bonds. The van der Waals surface area contributed by atoms with E-state index in [0.29, 0.717) is 22.5 Å². The standard InChI is InChI=1S/C26H27ClN4OS/c1-15-5-6-18(16(2)11-15)14-33-25-29-24-28-20-12-26(3,4)13-21(32)22(20)23(31(24)30-25)17-7-9-19(27)10-8-17/h5-11,23H,12-14H2,1-4H3,(H,28,29,30)/t23-/m1/s1. The van der Waals surface area contributed by atoms with Gasteiger partial charge in [-0.15, -0.1) is 5.10 Å². The molecule has 0 unspecified atom stereocenters. The second kappa shape index (κ2) is 8.33. The van der Waals surface area contributed by atoms with Crippen LogP contribution in [0.5, 0.6) is 0 Å². The van der Waals surface area contributed by atoms with Crippen molar-refractivity contribution < 1.29 is 4.79 Å². The minimum atomic E-state index is -0.305. The molecule has 170 valence electrons. The average molecular weight is 479 g/mol. The van der Waals surface area contributed by atoms with Crippen LogP contribution >= 0.6 is 23.4 Å². The molecule has 2 aliphatic rings. The summed E-state index contributed by atoms with van der Waals surface area (Å²) in [6, 6.07) is 13.9. The largest absolute Gasteiger partial charge is 0.328 e. The fraction of sp³-hybridized carbons (Fsp3) is 0.346. The van der Waals surface area contributed by atoms with Crippen LogP contribution in [0.25, 0.3) is 0 Å². The van der Waals surface area contributed by atoms with Crippen molar-refractivity contribution in [2.75, 3.05) is 5.32 Å². The average Bonchev–Trinajstić information content (AvgIpc) is 3.14. The van der Waals surface area contributed by atoms with Gasteiger partial charge in [0.25, 0.3) is 0 Å². The first kappa shape index (κ1) is 22.2. The highest BCUT2D eigenvalue weighted by Crippen LogP contribution is 2.45. The quantitative estimate of drug-likeness (QED) is 0.434. The highest BCUT2D eigenvalue weighted by molar-refractivity contribution is 7.98. The summed E-state index contributed by atoms with van der Waals surface area (Å²) in [5, 5.41) is 9.65. The predicted molar refractivity (Wildman–Crippen MR) is 134 cm³/mol. The van der Waals surface area contributed by atoms with E-state index in [4.69, 9.17) is 21.7 Å². The minimum absolute atomic E-state index is 0.0871. The van der Waals surface area contributed by atoms with Gasteiger partial charge >= 0.3 is 0 Å². The Bertz CT molecular complexity index is 1280. The van der Waals surface area contributed by atoms with Crippen molar-refractivity contribution in [3.63, 3.8) is 0 Å². The number of nitrogens with one attached hydrogen (secondary N) is 1. The Hall–Kier alpha value is -2.57. The molecule has 1 N–H and O–H groups in total.